The number of phenols is 4. The van der Waals surface area contributed by atoms with E-state index in [0.717, 1.165) is 36.4 Å². The molecule has 0 spiro atoms. The van der Waals surface area contributed by atoms with Gasteiger partial charge in [0.25, 0.3) is 0 Å². The van der Waals surface area contributed by atoms with E-state index < -0.39 is 90.7 Å². The minimum Gasteiger partial charge on any atom is -0.508 e. The van der Waals surface area contributed by atoms with Gasteiger partial charge in [0.1, 0.15) is 56.4 Å². The molecule has 0 aliphatic carbocycles. The van der Waals surface area contributed by atoms with E-state index in [0.29, 0.717) is 0 Å². The van der Waals surface area contributed by atoms with Crippen LogP contribution in [0.5, 0.6) is 34.5 Å². The summed E-state index contributed by atoms with van der Waals surface area (Å²) < 4.78 is 10.4. The van der Waals surface area contributed by atoms with E-state index >= 15 is 0 Å². The minimum atomic E-state index is -1.68. The van der Waals surface area contributed by atoms with Gasteiger partial charge in [-0.05, 0) is 17.7 Å². The second kappa shape index (κ2) is 8.48. The lowest BCUT2D eigenvalue weighted by atomic mass is 9.84. The van der Waals surface area contributed by atoms with Crippen LogP contribution in [-0.2, 0) is 0 Å². The van der Waals surface area contributed by atoms with Crippen molar-refractivity contribution in [1.82, 2.24) is 0 Å². The zero-order valence-corrected chi connectivity index (χ0v) is 18.9. The zero-order valence-electron chi connectivity index (χ0n) is 18.9. The molecule has 0 atom stereocenters. The van der Waals surface area contributed by atoms with E-state index in [4.69, 9.17) is 8.83 Å². The largest absolute Gasteiger partial charge is 0.508 e. The molecule has 5 rings (SSSR count). The number of hydrogen-bond donors (Lipinski definition) is 7. The van der Waals surface area contributed by atoms with Crippen LogP contribution in [0.4, 0.5) is 0 Å². The third-order valence-corrected chi connectivity index (χ3v) is 6.03. The average Bonchev–Trinajstić information content (AvgIpc) is 2.81. The highest BCUT2D eigenvalue weighted by atomic mass is 16.4. The van der Waals surface area contributed by atoms with Crippen molar-refractivity contribution < 1.29 is 49.4 Å². The molecule has 5 aromatic rings. The lowest BCUT2D eigenvalue weighted by molar-refractivity contribution is 0.0696. The van der Waals surface area contributed by atoms with E-state index in [2.05, 4.69) is 0 Å². The van der Waals surface area contributed by atoms with Crippen molar-refractivity contribution in [3.63, 3.8) is 0 Å². The molecule has 0 saturated heterocycles. The van der Waals surface area contributed by atoms with Gasteiger partial charge in [0.2, 0.25) is 0 Å². The molecule has 0 bridgehead atoms. The molecular formula is C26H16O12. The number of fused-ring (bicyclic) bond motifs is 2. The number of rotatable bonds is 4. The van der Waals surface area contributed by atoms with Crippen LogP contribution in [0, 0.1) is 0 Å². The SMILES string of the molecule is O=C(O)c1ccc(C(c2c(O)c3c(O)cc(O)cc3oc2=O)c2c(O)c3c(O)cc(O)cc3oc2=O)cc1. The number of carboxylic acid groups (broad SMARTS) is 1. The maximum Gasteiger partial charge on any atom is 0.344 e. The topological polar surface area (TPSA) is 219 Å². The summed E-state index contributed by atoms with van der Waals surface area (Å²) in [6.45, 7) is 0. The number of aromatic hydroxyl groups is 6. The molecule has 0 saturated carbocycles. The molecule has 12 nitrogen and oxygen atoms in total. The third-order valence-electron chi connectivity index (χ3n) is 6.03. The minimum absolute atomic E-state index is 0.00966. The summed E-state index contributed by atoms with van der Waals surface area (Å²) in [6, 6.07) is 8.39. The number of hydrogen-bond acceptors (Lipinski definition) is 11. The average molecular weight is 520 g/mol. The molecule has 12 heteroatoms. The summed E-state index contributed by atoms with van der Waals surface area (Å²) in [5, 5.41) is 70.9. The van der Waals surface area contributed by atoms with Crippen LogP contribution in [0.2, 0.25) is 0 Å². The highest BCUT2D eigenvalue weighted by molar-refractivity contribution is 5.93. The Morgan fingerprint density at radius 2 is 1.08 bits per heavy atom. The summed E-state index contributed by atoms with van der Waals surface area (Å²) >= 11 is 0. The normalized spacial score (nSPS) is 11.4. The zero-order chi connectivity index (χ0) is 27.5. The Hall–Kier alpha value is -5.65. The first-order chi connectivity index (χ1) is 18.0. The van der Waals surface area contributed by atoms with Crippen molar-refractivity contribution >= 4 is 27.9 Å². The van der Waals surface area contributed by atoms with Gasteiger partial charge in [-0.1, -0.05) is 12.1 Å². The van der Waals surface area contributed by atoms with Crippen molar-refractivity contribution in [3.8, 4) is 34.5 Å². The smallest absolute Gasteiger partial charge is 0.344 e. The maximum absolute atomic E-state index is 13.2. The lowest BCUT2D eigenvalue weighted by Crippen LogP contribution is -2.21. The molecule has 0 fully saturated rings. The van der Waals surface area contributed by atoms with Crippen molar-refractivity contribution in [2.75, 3.05) is 0 Å². The van der Waals surface area contributed by atoms with Gasteiger partial charge in [0, 0.05) is 24.3 Å². The van der Waals surface area contributed by atoms with Gasteiger partial charge in [0.15, 0.2) is 0 Å². The highest BCUT2D eigenvalue weighted by Crippen LogP contribution is 2.46. The molecule has 0 aliphatic heterocycles. The van der Waals surface area contributed by atoms with Crippen LogP contribution in [0.1, 0.15) is 33.0 Å². The van der Waals surface area contributed by atoms with Crippen LogP contribution >= 0.6 is 0 Å². The molecule has 0 amide bonds. The van der Waals surface area contributed by atoms with Gasteiger partial charge in [-0.2, -0.15) is 0 Å². The van der Waals surface area contributed by atoms with E-state index in [-0.39, 0.29) is 11.1 Å². The Bertz CT molecular complexity index is 1790. The fraction of sp³-hybridized carbons (Fsp3) is 0.0385. The number of carboxylic acids is 1. The van der Waals surface area contributed by atoms with Gasteiger partial charge in [-0.15, -0.1) is 0 Å². The Kier molecular flexibility index (Phi) is 5.37. The first kappa shape index (κ1) is 24.1. The Morgan fingerprint density at radius 1 is 0.658 bits per heavy atom. The van der Waals surface area contributed by atoms with Crippen LogP contribution in [-0.4, -0.2) is 41.7 Å². The monoisotopic (exact) mass is 520 g/mol. The number of phenolic OH excluding ortho intramolecular Hbond substituents is 4. The molecule has 2 aromatic heterocycles. The van der Waals surface area contributed by atoms with E-state index in [9.17, 15) is 50.1 Å². The quantitative estimate of drug-likeness (QED) is 0.170. The molecule has 3 aromatic carbocycles. The van der Waals surface area contributed by atoms with Crippen molar-refractivity contribution in [2.24, 2.45) is 0 Å². The van der Waals surface area contributed by atoms with Crippen molar-refractivity contribution in [3.05, 3.63) is 91.6 Å². The Morgan fingerprint density at radius 3 is 1.47 bits per heavy atom. The first-order valence-electron chi connectivity index (χ1n) is 10.7. The fourth-order valence-corrected chi connectivity index (χ4v) is 4.39. The van der Waals surface area contributed by atoms with Crippen LogP contribution in [0.15, 0.2) is 67.0 Å². The van der Waals surface area contributed by atoms with Gasteiger partial charge < -0.3 is 44.6 Å². The summed E-state index contributed by atoms with van der Waals surface area (Å²) in [4.78, 5) is 37.7. The van der Waals surface area contributed by atoms with Crippen LogP contribution < -0.4 is 11.3 Å². The Labute approximate surface area is 209 Å². The predicted molar refractivity (Wildman–Crippen MR) is 129 cm³/mol. The molecule has 0 radical (unpaired) electrons. The second-order valence-corrected chi connectivity index (χ2v) is 8.34. The summed E-state index contributed by atoms with van der Waals surface area (Å²) in [5.74, 6) is -6.99. The second-order valence-electron chi connectivity index (χ2n) is 8.34. The molecular weight excluding hydrogens is 504 g/mol. The summed E-state index contributed by atoms with van der Waals surface area (Å²) in [5.41, 5.74) is -4.70. The molecule has 0 aliphatic rings. The lowest BCUT2D eigenvalue weighted by Gasteiger charge is -2.20. The van der Waals surface area contributed by atoms with Crippen LogP contribution in [0.3, 0.4) is 0 Å². The first-order valence-corrected chi connectivity index (χ1v) is 10.7. The molecule has 7 N–H and O–H groups in total. The summed E-state index contributed by atoms with van der Waals surface area (Å²) in [7, 11) is 0. The molecule has 2 heterocycles. The predicted octanol–water partition coefficient (Wildman–Crippen LogP) is 3.01. The van der Waals surface area contributed by atoms with E-state index in [1.54, 1.807) is 0 Å². The summed E-state index contributed by atoms with van der Waals surface area (Å²) in [6.07, 6.45) is 0. The van der Waals surface area contributed by atoms with E-state index in [1.165, 1.54) is 12.1 Å². The molecule has 38 heavy (non-hydrogen) atoms. The number of aromatic carboxylic acids is 1. The standard InChI is InChI=1S/C26H16O12/c27-11-5-13(29)18-15(7-11)37-25(35)20(22(18)31)17(9-1-3-10(4-2-9)24(33)34)21-23(32)19-14(30)6-12(28)8-16(19)38-26(21)36/h1-8,17,27-32H,(H,33,34). The van der Waals surface area contributed by atoms with Gasteiger partial charge >= 0.3 is 17.2 Å². The number of carbonyl (C=O) groups is 1. The van der Waals surface area contributed by atoms with Crippen molar-refractivity contribution in [2.45, 2.75) is 5.92 Å². The van der Waals surface area contributed by atoms with Gasteiger partial charge in [-0.3, -0.25) is 0 Å². The maximum atomic E-state index is 13.2. The number of benzene rings is 3. The van der Waals surface area contributed by atoms with Crippen molar-refractivity contribution in [1.29, 1.82) is 0 Å². The van der Waals surface area contributed by atoms with Gasteiger partial charge in [0.05, 0.1) is 22.6 Å². The third kappa shape index (κ3) is 3.67. The van der Waals surface area contributed by atoms with Gasteiger partial charge in [-0.25, -0.2) is 14.4 Å². The van der Waals surface area contributed by atoms with E-state index in [1.807, 2.05) is 0 Å². The highest BCUT2D eigenvalue weighted by Gasteiger charge is 2.34. The fourth-order valence-electron chi connectivity index (χ4n) is 4.39. The Balaban J connectivity index is 1.92. The molecule has 0 unspecified atom stereocenters. The molecule has 192 valence electrons. The van der Waals surface area contributed by atoms with Crippen LogP contribution in [0.25, 0.3) is 21.9 Å².